The van der Waals surface area contributed by atoms with E-state index in [-0.39, 0.29) is 4.90 Å². The van der Waals surface area contributed by atoms with Crippen LogP contribution in [0.2, 0.25) is 0 Å². The van der Waals surface area contributed by atoms with Crippen LogP contribution in [0.5, 0.6) is 0 Å². The molecule has 1 aromatic rings. The van der Waals surface area contributed by atoms with Crippen molar-refractivity contribution in [2.75, 3.05) is 0 Å². The largest absolute Gasteiger partial charge is 0.488 e. The second-order valence-corrected chi connectivity index (χ2v) is 3.16. The third-order valence-electron chi connectivity index (χ3n) is 1.38. The molecule has 0 aliphatic rings. The summed E-state index contributed by atoms with van der Waals surface area (Å²) in [5, 5.41) is 17.3. The summed E-state index contributed by atoms with van der Waals surface area (Å²) in [6.07, 6.45) is 0. The van der Waals surface area contributed by atoms with Crippen LogP contribution in [-0.4, -0.2) is 25.9 Å². The Kier molecular flexibility index (Phi) is 2.99. The molecule has 0 bridgehead atoms. The van der Waals surface area contributed by atoms with Gasteiger partial charge in [0.05, 0.1) is 4.90 Å². The van der Waals surface area contributed by atoms with E-state index in [1.54, 1.807) is 0 Å². The Labute approximate surface area is 72.3 Å². The predicted molar refractivity (Wildman–Crippen MR) is 45.3 cm³/mol. The number of rotatable bonds is 2. The molecule has 0 aliphatic heterocycles. The van der Waals surface area contributed by atoms with Crippen molar-refractivity contribution in [3.8, 4) is 0 Å². The Morgan fingerprint density at radius 3 is 2.00 bits per heavy atom. The highest BCUT2D eigenvalue weighted by Gasteiger charge is 2.10. The topological polar surface area (TPSA) is 77.8 Å². The van der Waals surface area contributed by atoms with Crippen molar-refractivity contribution in [1.29, 1.82) is 0 Å². The SMILES string of the molecule is O=S(O)c1ccc(B(O)O)cc1. The summed E-state index contributed by atoms with van der Waals surface area (Å²) in [4.78, 5) is 0.236. The lowest BCUT2D eigenvalue weighted by atomic mass is 9.81. The highest BCUT2D eigenvalue weighted by molar-refractivity contribution is 7.79. The monoisotopic (exact) mass is 186 g/mol. The van der Waals surface area contributed by atoms with Crippen LogP contribution in [0.25, 0.3) is 0 Å². The van der Waals surface area contributed by atoms with Gasteiger partial charge >= 0.3 is 7.12 Å². The molecule has 0 saturated carbocycles. The fourth-order valence-corrected chi connectivity index (χ4v) is 1.13. The molecule has 6 heteroatoms. The maximum absolute atomic E-state index is 10.5. The second-order valence-electron chi connectivity index (χ2n) is 2.19. The molecule has 3 N–H and O–H groups in total. The summed E-state index contributed by atoms with van der Waals surface area (Å²) in [6, 6.07) is 5.50. The molecule has 0 heterocycles. The van der Waals surface area contributed by atoms with Crippen LogP contribution in [0.15, 0.2) is 29.2 Å². The van der Waals surface area contributed by atoms with Crippen molar-refractivity contribution in [2.24, 2.45) is 0 Å². The Balaban J connectivity index is 2.93. The molecular formula is C6H7BO4S. The van der Waals surface area contributed by atoms with Gasteiger partial charge in [-0.05, 0) is 17.6 Å². The first-order chi connectivity index (χ1) is 5.61. The van der Waals surface area contributed by atoms with Gasteiger partial charge in [0.1, 0.15) is 0 Å². The van der Waals surface area contributed by atoms with Gasteiger partial charge in [0, 0.05) is 0 Å². The van der Waals surface area contributed by atoms with Gasteiger partial charge in [-0.25, -0.2) is 4.21 Å². The van der Waals surface area contributed by atoms with E-state index in [0.29, 0.717) is 5.46 Å². The van der Waals surface area contributed by atoms with Crippen molar-refractivity contribution in [1.82, 2.24) is 0 Å². The van der Waals surface area contributed by atoms with Gasteiger partial charge in [-0.3, -0.25) is 0 Å². The van der Waals surface area contributed by atoms with Gasteiger partial charge in [0.25, 0.3) is 0 Å². The molecule has 1 unspecified atom stereocenters. The van der Waals surface area contributed by atoms with Gasteiger partial charge in [-0.15, -0.1) is 0 Å². The first kappa shape index (κ1) is 9.40. The van der Waals surface area contributed by atoms with E-state index in [0.717, 1.165) is 0 Å². The molecule has 0 fully saturated rings. The minimum Gasteiger partial charge on any atom is -0.423 e. The molecular weight excluding hydrogens is 179 g/mol. The molecule has 0 amide bonds. The second kappa shape index (κ2) is 3.82. The lowest BCUT2D eigenvalue weighted by Gasteiger charge is -1.98. The molecule has 4 nitrogen and oxygen atoms in total. The van der Waals surface area contributed by atoms with Crippen LogP contribution in [0.4, 0.5) is 0 Å². The molecule has 0 aromatic heterocycles. The van der Waals surface area contributed by atoms with E-state index < -0.39 is 18.2 Å². The van der Waals surface area contributed by atoms with E-state index in [1.807, 2.05) is 0 Å². The molecule has 1 rings (SSSR count). The van der Waals surface area contributed by atoms with E-state index in [4.69, 9.17) is 14.6 Å². The standard InChI is InChI=1S/C6H7BO4S/c8-7(9)5-1-3-6(4-2-5)12(10)11/h1-4,8-9H,(H,10,11). The lowest BCUT2D eigenvalue weighted by molar-refractivity contribution is 0.425. The molecule has 0 radical (unpaired) electrons. The van der Waals surface area contributed by atoms with Crippen molar-refractivity contribution in [3.05, 3.63) is 24.3 Å². The summed E-state index contributed by atoms with van der Waals surface area (Å²) in [6.45, 7) is 0. The smallest absolute Gasteiger partial charge is 0.423 e. The minimum atomic E-state index is -2.01. The molecule has 12 heavy (non-hydrogen) atoms. The fraction of sp³-hybridized carbons (Fsp3) is 0. The summed E-state index contributed by atoms with van der Waals surface area (Å²) in [5.41, 5.74) is 0.296. The number of hydrogen-bond acceptors (Lipinski definition) is 3. The predicted octanol–water partition coefficient (Wildman–Crippen LogP) is -1.05. The molecule has 1 aromatic carbocycles. The van der Waals surface area contributed by atoms with Crippen LogP contribution in [-0.2, 0) is 11.1 Å². The zero-order valence-corrected chi connectivity index (χ0v) is 6.86. The fourth-order valence-electron chi connectivity index (χ4n) is 0.756. The van der Waals surface area contributed by atoms with E-state index >= 15 is 0 Å². The van der Waals surface area contributed by atoms with Gasteiger partial charge in [-0.1, -0.05) is 12.1 Å². The Hall–Kier alpha value is -0.685. The van der Waals surface area contributed by atoms with Crippen LogP contribution >= 0.6 is 0 Å². The highest BCUT2D eigenvalue weighted by Crippen LogP contribution is 2.00. The number of benzene rings is 1. The van der Waals surface area contributed by atoms with Crippen molar-refractivity contribution < 1.29 is 18.8 Å². The first-order valence-corrected chi connectivity index (χ1v) is 4.29. The average molecular weight is 186 g/mol. The quantitative estimate of drug-likeness (QED) is 0.406. The molecule has 0 aliphatic carbocycles. The summed E-state index contributed by atoms with van der Waals surface area (Å²) in [5.74, 6) is 0. The molecule has 0 spiro atoms. The third-order valence-corrected chi connectivity index (χ3v) is 2.06. The molecule has 1 atom stereocenters. The lowest BCUT2D eigenvalue weighted by Crippen LogP contribution is -2.29. The first-order valence-electron chi connectivity index (χ1n) is 3.18. The van der Waals surface area contributed by atoms with Crippen LogP contribution in [0.3, 0.4) is 0 Å². The maximum Gasteiger partial charge on any atom is 0.488 e. The normalized spacial score (nSPS) is 12.6. The maximum atomic E-state index is 10.5. The Morgan fingerprint density at radius 2 is 1.67 bits per heavy atom. The van der Waals surface area contributed by atoms with Gasteiger partial charge in [-0.2, -0.15) is 0 Å². The van der Waals surface area contributed by atoms with Crippen molar-refractivity contribution in [2.45, 2.75) is 4.90 Å². The van der Waals surface area contributed by atoms with Gasteiger partial charge in [0.15, 0.2) is 11.1 Å². The zero-order valence-electron chi connectivity index (χ0n) is 6.04. The van der Waals surface area contributed by atoms with E-state index in [1.165, 1.54) is 24.3 Å². The Morgan fingerprint density at radius 1 is 1.17 bits per heavy atom. The van der Waals surface area contributed by atoms with E-state index in [2.05, 4.69) is 0 Å². The van der Waals surface area contributed by atoms with Gasteiger partial charge in [0.2, 0.25) is 0 Å². The van der Waals surface area contributed by atoms with Crippen LogP contribution in [0.1, 0.15) is 0 Å². The zero-order chi connectivity index (χ0) is 9.14. The number of hydrogen-bond donors (Lipinski definition) is 3. The molecule has 64 valence electrons. The third kappa shape index (κ3) is 2.15. The van der Waals surface area contributed by atoms with Crippen molar-refractivity contribution >= 4 is 23.7 Å². The minimum absolute atomic E-state index is 0.236. The highest BCUT2D eigenvalue weighted by atomic mass is 32.2. The van der Waals surface area contributed by atoms with Crippen LogP contribution < -0.4 is 5.46 Å². The average Bonchev–Trinajstić information content (AvgIpc) is 2.04. The van der Waals surface area contributed by atoms with Crippen molar-refractivity contribution in [3.63, 3.8) is 0 Å². The van der Waals surface area contributed by atoms with Gasteiger partial charge < -0.3 is 14.6 Å². The summed E-state index contributed by atoms with van der Waals surface area (Å²) in [7, 11) is -1.54. The van der Waals surface area contributed by atoms with Crippen LogP contribution in [0, 0.1) is 0 Å². The Bertz CT molecular complexity index is 284. The molecule has 0 saturated heterocycles. The summed E-state index contributed by atoms with van der Waals surface area (Å²) >= 11 is -2.01. The summed E-state index contributed by atoms with van der Waals surface area (Å²) < 4.78 is 19.1. The van der Waals surface area contributed by atoms with E-state index in [9.17, 15) is 4.21 Å².